The first-order chi connectivity index (χ1) is 7.00. The average Bonchev–Trinajstić information content (AvgIpc) is 2.18. The van der Waals surface area contributed by atoms with Crippen LogP contribution in [-0.2, 0) is 4.79 Å². The molecule has 0 aliphatic carbocycles. The van der Waals surface area contributed by atoms with E-state index in [0.29, 0.717) is 17.7 Å². The van der Waals surface area contributed by atoms with Crippen molar-refractivity contribution in [3.8, 4) is 0 Å². The molecular weight excluding hydrogens is 186 g/mol. The van der Waals surface area contributed by atoms with Crippen molar-refractivity contribution >= 4 is 5.78 Å². The first-order valence-corrected chi connectivity index (χ1v) is 6.27. The molecule has 1 heterocycles. The maximum Gasteiger partial charge on any atom is 0.135 e. The number of likely N-dealkylation sites (tertiary alicyclic amines) is 1. The van der Waals surface area contributed by atoms with E-state index in [2.05, 4.69) is 18.7 Å². The van der Waals surface area contributed by atoms with Gasteiger partial charge < -0.3 is 4.90 Å². The van der Waals surface area contributed by atoms with Gasteiger partial charge in [0.05, 0.1) is 0 Å². The fourth-order valence-electron chi connectivity index (χ4n) is 2.25. The Hall–Kier alpha value is -0.370. The quantitative estimate of drug-likeness (QED) is 0.712. The van der Waals surface area contributed by atoms with Gasteiger partial charge in [0.1, 0.15) is 5.78 Å². The maximum atomic E-state index is 11.7. The number of hydrogen-bond donors (Lipinski definition) is 0. The Morgan fingerprint density at radius 2 is 2.00 bits per heavy atom. The summed E-state index contributed by atoms with van der Waals surface area (Å²) in [7, 11) is 0. The second kappa shape index (κ2) is 5.64. The van der Waals surface area contributed by atoms with Gasteiger partial charge in [-0.15, -0.1) is 0 Å². The van der Waals surface area contributed by atoms with Gasteiger partial charge in [0.25, 0.3) is 0 Å². The molecular formula is C13H25NO. The van der Waals surface area contributed by atoms with Crippen LogP contribution in [-0.4, -0.2) is 29.8 Å². The molecule has 0 radical (unpaired) electrons. The van der Waals surface area contributed by atoms with Gasteiger partial charge in [-0.05, 0) is 39.2 Å². The third kappa shape index (κ3) is 3.94. The molecule has 0 unspecified atom stereocenters. The minimum atomic E-state index is 0.208. The van der Waals surface area contributed by atoms with Crippen LogP contribution in [0.2, 0.25) is 0 Å². The van der Waals surface area contributed by atoms with Crippen LogP contribution in [0.3, 0.4) is 0 Å². The lowest BCUT2D eigenvalue weighted by molar-refractivity contribution is -0.123. The van der Waals surface area contributed by atoms with Gasteiger partial charge in [0.15, 0.2) is 0 Å². The van der Waals surface area contributed by atoms with Gasteiger partial charge in [-0.2, -0.15) is 0 Å². The van der Waals surface area contributed by atoms with Crippen LogP contribution >= 0.6 is 0 Å². The molecule has 0 spiro atoms. The second-order valence-corrected chi connectivity index (χ2v) is 5.42. The number of carbonyl (C=O) groups excluding carboxylic acids is 1. The Labute approximate surface area is 94.0 Å². The maximum absolute atomic E-state index is 11.7. The van der Waals surface area contributed by atoms with Crippen LogP contribution in [0.4, 0.5) is 0 Å². The van der Waals surface area contributed by atoms with E-state index in [1.165, 1.54) is 19.4 Å². The number of Topliss-reactive ketones (excluding diaryl/α,β-unsaturated/α-hetero) is 1. The Kier molecular flexibility index (Phi) is 4.78. The van der Waals surface area contributed by atoms with Crippen molar-refractivity contribution < 1.29 is 4.79 Å². The summed E-state index contributed by atoms with van der Waals surface area (Å²) in [6, 6.07) is 0.627. The predicted octanol–water partition coefficient (Wildman–Crippen LogP) is 2.72. The topological polar surface area (TPSA) is 20.3 Å². The smallest absolute Gasteiger partial charge is 0.135 e. The number of rotatable bonds is 4. The molecule has 1 atom stereocenters. The SMILES string of the molecule is CC(C)C(=O)C[C@@H]1CCCN(C(C)C)C1. The standard InChI is InChI=1S/C13H25NO/c1-10(2)13(15)8-12-6-5-7-14(9-12)11(3)4/h10-12H,5-9H2,1-4H3/t12-/m0/s1. The van der Waals surface area contributed by atoms with Gasteiger partial charge in [-0.3, -0.25) is 4.79 Å². The van der Waals surface area contributed by atoms with Crippen LogP contribution in [0.1, 0.15) is 47.0 Å². The minimum Gasteiger partial charge on any atom is -0.301 e. The summed E-state index contributed by atoms with van der Waals surface area (Å²) in [5.74, 6) is 1.25. The molecule has 1 fully saturated rings. The first-order valence-electron chi connectivity index (χ1n) is 6.27. The largest absolute Gasteiger partial charge is 0.301 e. The van der Waals surface area contributed by atoms with Crippen LogP contribution < -0.4 is 0 Å². The minimum absolute atomic E-state index is 0.208. The Bertz CT molecular complexity index is 211. The number of nitrogens with zero attached hydrogens (tertiary/aromatic N) is 1. The van der Waals surface area contributed by atoms with Crippen LogP contribution in [0.25, 0.3) is 0 Å². The highest BCUT2D eigenvalue weighted by molar-refractivity contribution is 5.80. The van der Waals surface area contributed by atoms with Crippen LogP contribution in [0.5, 0.6) is 0 Å². The molecule has 2 nitrogen and oxygen atoms in total. The highest BCUT2D eigenvalue weighted by Crippen LogP contribution is 2.22. The number of hydrogen-bond acceptors (Lipinski definition) is 2. The van der Waals surface area contributed by atoms with Crippen molar-refractivity contribution in [3.05, 3.63) is 0 Å². The first kappa shape index (κ1) is 12.7. The molecule has 1 aliphatic heterocycles. The Morgan fingerprint density at radius 1 is 1.33 bits per heavy atom. The van der Waals surface area contributed by atoms with E-state index >= 15 is 0 Å². The summed E-state index contributed by atoms with van der Waals surface area (Å²) in [6.45, 7) is 10.8. The highest BCUT2D eigenvalue weighted by Gasteiger charge is 2.24. The predicted molar refractivity (Wildman–Crippen MR) is 63.9 cm³/mol. The van der Waals surface area contributed by atoms with Gasteiger partial charge in [-0.25, -0.2) is 0 Å². The van der Waals surface area contributed by atoms with E-state index in [1.807, 2.05) is 13.8 Å². The summed E-state index contributed by atoms with van der Waals surface area (Å²) in [6.07, 6.45) is 3.29. The zero-order valence-corrected chi connectivity index (χ0v) is 10.6. The summed E-state index contributed by atoms with van der Waals surface area (Å²) in [4.78, 5) is 14.2. The van der Waals surface area contributed by atoms with Crippen molar-refractivity contribution in [2.75, 3.05) is 13.1 Å². The van der Waals surface area contributed by atoms with E-state index in [-0.39, 0.29) is 5.92 Å². The van der Waals surface area contributed by atoms with Crippen molar-refractivity contribution in [2.24, 2.45) is 11.8 Å². The Balaban J connectivity index is 2.39. The molecule has 0 bridgehead atoms. The molecule has 15 heavy (non-hydrogen) atoms. The van der Waals surface area contributed by atoms with Crippen LogP contribution in [0.15, 0.2) is 0 Å². The van der Waals surface area contributed by atoms with E-state index < -0.39 is 0 Å². The molecule has 1 rings (SSSR count). The number of ketones is 1. The molecule has 0 aromatic carbocycles. The molecule has 0 aromatic rings. The summed E-state index contributed by atoms with van der Waals surface area (Å²) in [5.41, 5.74) is 0. The molecule has 0 N–H and O–H groups in total. The Morgan fingerprint density at radius 3 is 2.53 bits per heavy atom. The van der Waals surface area contributed by atoms with E-state index in [9.17, 15) is 4.79 Å². The summed E-state index contributed by atoms with van der Waals surface area (Å²) in [5, 5.41) is 0. The van der Waals surface area contributed by atoms with Crippen molar-refractivity contribution in [2.45, 2.75) is 53.0 Å². The molecule has 0 saturated carbocycles. The van der Waals surface area contributed by atoms with Gasteiger partial charge in [0, 0.05) is 24.9 Å². The van der Waals surface area contributed by atoms with E-state index in [1.54, 1.807) is 0 Å². The van der Waals surface area contributed by atoms with E-state index in [0.717, 1.165) is 13.0 Å². The molecule has 2 heteroatoms. The van der Waals surface area contributed by atoms with Gasteiger partial charge >= 0.3 is 0 Å². The fourth-order valence-corrected chi connectivity index (χ4v) is 2.25. The number of carbonyl (C=O) groups is 1. The molecule has 1 saturated heterocycles. The van der Waals surface area contributed by atoms with Gasteiger partial charge in [-0.1, -0.05) is 13.8 Å². The summed E-state index contributed by atoms with van der Waals surface area (Å²) >= 11 is 0. The number of piperidine rings is 1. The van der Waals surface area contributed by atoms with Crippen LogP contribution in [0, 0.1) is 11.8 Å². The summed E-state index contributed by atoms with van der Waals surface area (Å²) < 4.78 is 0. The van der Waals surface area contributed by atoms with Crippen molar-refractivity contribution in [3.63, 3.8) is 0 Å². The van der Waals surface area contributed by atoms with Gasteiger partial charge in [0.2, 0.25) is 0 Å². The third-order valence-corrected chi connectivity index (χ3v) is 3.41. The molecule has 0 aromatic heterocycles. The highest BCUT2D eigenvalue weighted by atomic mass is 16.1. The molecule has 0 amide bonds. The lowest BCUT2D eigenvalue weighted by Gasteiger charge is -2.35. The van der Waals surface area contributed by atoms with E-state index in [4.69, 9.17) is 0 Å². The zero-order valence-electron chi connectivity index (χ0n) is 10.6. The monoisotopic (exact) mass is 211 g/mol. The average molecular weight is 211 g/mol. The lowest BCUT2D eigenvalue weighted by Crippen LogP contribution is -2.40. The van der Waals surface area contributed by atoms with Crippen molar-refractivity contribution in [1.82, 2.24) is 4.90 Å². The molecule has 1 aliphatic rings. The molecule has 88 valence electrons. The third-order valence-electron chi connectivity index (χ3n) is 3.41. The zero-order chi connectivity index (χ0) is 11.4. The van der Waals surface area contributed by atoms with Crippen molar-refractivity contribution in [1.29, 1.82) is 0 Å². The normalized spacial score (nSPS) is 23.7. The second-order valence-electron chi connectivity index (χ2n) is 5.42. The lowest BCUT2D eigenvalue weighted by atomic mass is 9.89. The fraction of sp³-hybridized carbons (Fsp3) is 0.923.